The Morgan fingerprint density at radius 2 is 1.88 bits per heavy atom. The van der Waals surface area contributed by atoms with Crippen LogP contribution >= 0.6 is 35.2 Å². The third kappa shape index (κ3) is 6.14. The molecule has 1 aliphatic rings. The molecule has 2 N–H and O–H groups in total. The van der Waals surface area contributed by atoms with Gasteiger partial charge in [-0.3, -0.25) is 4.79 Å². The lowest BCUT2D eigenvalue weighted by molar-refractivity contribution is 0.102. The van der Waals surface area contributed by atoms with Crippen molar-refractivity contribution in [1.29, 1.82) is 0 Å². The van der Waals surface area contributed by atoms with E-state index in [0.717, 1.165) is 59.4 Å². The van der Waals surface area contributed by atoms with E-state index in [1.54, 1.807) is 11.3 Å². The molecule has 34 heavy (non-hydrogen) atoms. The molecule has 0 unspecified atom stereocenters. The highest BCUT2D eigenvalue weighted by Crippen LogP contribution is 2.32. The van der Waals surface area contributed by atoms with E-state index in [1.807, 2.05) is 53.9 Å². The van der Waals surface area contributed by atoms with Crippen molar-refractivity contribution in [3.8, 4) is 11.1 Å². The van der Waals surface area contributed by atoms with Gasteiger partial charge in [-0.1, -0.05) is 55.8 Å². The van der Waals surface area contributed by atoms with E-state index in [-0.39, 0.29) is 5.91 Å². The molecule has 0 saturated carbocycles. The van der Waals surface area contributed by atoms with Gasteiger partial charge >= 0.3 is 0 Å². The first-order chi connectivity index (χ1) is 16.4. The van der Waals surface area contributed by atoms with Crippen molar-refractivity contribution in [2.75, 3.05) is 25.0 Å². The number of para-hydroxylation sites is 1. The van der Waals surface area contributed by atoms with Gasteiger partial charge in [0, 0.05) is 47.2 Å². The molecule has 0 spiro atoms. The zero-order chi connectivity index (χ0) is 24.1. The number of aromatic nitrogens is 1. The van der Waals surface area contributed by atoms with Crippen molar-refractivity contribution in [2.45, 2.75) is 32.6 Å². The summed E-state index contributed by atoms with van der Waals surface area (Å²) in [5, 5.41) is 10.8. The molecular weight excluding hydrogens is 484 g/mol. The molecule has 2 heterocycles. The monoisotopic (exact) mass is 512 g/mol. The minimum atomic E-state index is -0.194. The summed E-state index contributed by atoms with van der Waals surface area (Å²) in [5.74, 6) is 0.728. The molecule has 0 aliphatic carbocycles. The zero-order valence-electron chi connectivity index (χ0n) is 19.4. The van der Waals surface area contributed by atoms with E-state index in [1.165, 1.54) is 0 Å². The average molecular weight is 513 g/mol. The van der Waals surface area contributed by atoms with Gasteiger partial charge in [-0.2, -0.15) is 0 Å². The number of carbonyl (C=O) groups excluding carboxylic acids is 1. The molecule has 4 rings (SSSR count). The van der Waals surface area contributed by atoms with E-state index in [0.29, 0.717) is 22.6 Å². The molecule has 3 aromatic rings. The molecule has 2 aromatic carbocycles. The highest BCUT2D eigenvalue weighted by Gasteiger charge is 2.25. The van der Waals surface area contributed by atoms with Crippen LogP contribution in [0.4, 0.5) is 5.69 Å². The van der Waals surface area contributed by atoms with Crippen LogP contribution in [0.3, 0.4) is 0 Å². The van der Waals surface area contributed by atoms with Crippen molar-refractivity contribution in [2.24, 2.45) is 5.92 Å². The third-order valence-electron chi connectivity index (χ3n) is 5.88. The van der Waals surface area contributed by atoms with Crippen LogP contribution in [0.1, 0.15) is 48.1 Å². The number of thiazole rings is 1. The first-order valence-corrected chi connectivity index (χ1v) is 13.2. The van der Waals surface area contributed by atoms with E-state index in [4.69, 9.17) is 28.8 Å². The van der Waals surface area contributed by atoms with E-state index >= 15 is 0 Å². The van der Waals surface area contributed by atoms with Crippen LogP contribution in [0.2, 0.25) is 5.02 Å². The number of likely N-dealkylation sites (tertiary alicyclic amines) is 1. The first kappa shape index (κ1) is 24.6. The number of hydrogen-bond acceptors (Lipinski definition) is 4. The Bertz CT molecular complexity index is 1140. The van der Waals surface area contributed by atoms with Crippen LogP contribution in [0.15, 0.2) is 53.9 Å². The second-order valence-corrected chi connectivity index (χ2v) is 10.6. The molecular formula is C26H29ClN4OS2. The smallest absolute Gasteiger partial charge is 0.275 e. The number of carbonyl (C=O) groups is 1. The second-order valence-electron chi connectivity index (χ2n) is 8.92. The predicted octanol–water partition coefficient (Wildman–Crippen LogP) is 6.43. The minimum Gasteiger partial charge on any atom is -0.362 e. The number of piperidine rings is 1. The maximum Gasteiger partial charge on any atom is 0.275 e. The van der Waals surface area contributed by atoms with Crippen molar-refractivity contribution in [1.82, 2.24) is 15.2 Å². The lowest BCUT2D eigenvalue weighted by Crippen LogP contribution is -2.44. The normalized spacial score (nSPS) is 14.3. The lowest BCUT2D eigenvalue weighted by Gasteiger charge is -2.33. The van der Waals surface area contributed by atoms with Crippen molar-refractivity contribution >= 4 is 51.9 Å². The Labute approximate surface area is 215 Å². The molecule has 8 heteroatoms. The number of hydrogen-bond donors (Lipinski definition) is 2. The van der Waals surface area contributed by atoms with E-state index < -0.39 is 0 Å². The predicted molar refractivity (Wildman–Crippen MR) is 146 cm³/mol. The molecule has 1 saturated heterocycles. The number of anilines is 1. The standard InChI is InChI=1S/C26H29ClN4OS2/c1-17(2)15-28-26(33)31-13-11-19(12-14-31)25-30-23(16-34-25)24(32)29-22-6-4-3-5-21(22)18-7-9-20(27)10-8-18/h3-10,16-17,19H,11-15H2,1-2H3,(H,28,33)(H,29,32). The number of halogens is 1. The van der Waals surface area contributed by atoms with Crippen molar-refractivity contribution in [3.05, 3.63) is 69.6 Å². The Morgan fingerprint density at radius 3 is 2.59 bits per heavy atom. The van der Waals surface area contributed by atoms with Crippen LogP contribution in [0.25, 0.3) is 11.1 Å². The summed E-state index contributed by atoms with van der Waals surface area (Å²) >= 11 is 13.1. The Morgan fingerprint density at radius 1 is 1.18 bits per heavy atom. The second kappa shape index (κ2) is 11.3. The summed E-state index contributed by atoms with van der Waals surface area (Å²) in [6.45, 7) is 7.06. The fraction of sp³-hybridized carbons (Fsp3) is 0.346. The molecule has 1 aromatic heterocycles. The van der Waals surface area contributed by atoms with E-state index in [9.17, 15) is 4.79 Å². The van der Waals surface area contributed by atoms with Crippen molar-refractivity contribution in [3.63, 3.8) is 0 Å². The van der Waals surface area contributed by atoms with Gasteiger partial charge in [0.25, 0.3) is 5.91 Å². The molecule has 0 radical (unpaired) electrons. The maximum absolute atomic E-state index is 13.0. The highest BCUT2D eigenvalue weighted by atomic mass is 35.5. The molecule has 178 valence electrons. The first-order valence-electron chi connectivity index (χ1n) is 11.5. The van der Waals surface area contributed by atoms with E-state index in [2.05, 4.69) is 29.4 Å². The Balaban J connectivity index is 1.38. The Hall–Kier alpha value is -2.48. The molecule has 0 atom stereocenters. The van der Waals surface area contributed by atoms with Crippen LogP contribution in [-0.2, 0) is 0 Å². The number of amides is 1. The van der Waals surface area contributed by atoms with Gasteiger partial charge in [0.1, 0.15) is 5.69 Å². The van der Waals surface area contributed by atoms with Crippen LogP contribution in [0, 0.1) is 5.92 Å². The number of nitrogens with one attached hydrogen (secondary N) is 2. The maximum atomic E-state index is 13.0. The summed E-state index contributed by atoms with van der Waals surface area (Å²) in [6.07, 6.45) is 1.97. The Kier molecular flexibility index (Phi) is 8.19. The van der Waals surface area contributed by atoms with Gasteiger partial charge in [0.15, 0.2) is 5.11 Å². The average Bonchev–Trinajstić information content (AvgIpc) is 3.34. The zero-order valence-corrected chi connectivity index (χ0v) is 21.8. The van der Waals surface area contributed by atoms with Crippen molar-refractivity contribution < 1.29 is 4.79 Å². The molecule has 5 nitrogen and oxygen atoms in total. The van der Waals surface area contributed by atoms with Gasteiger partial charge < -0.3 is 15.5 Å². The van der Waals surface area contributed by atoms with Crippen LogP contribution in [0.5, 0.6) is 0 Å². The third-order valence-corrected chi connectivity index (χ3v) is 7.54. The quantitative estimate of drug-likeness (QED) is 0.373. The van der Waals surface area contributed by atoms with Crippen LogP contribution in [-0.4, -0.2) is 40.5 Å². The van der Waals surface area contributed by atoms with Gasteiger partial charge in [-0.25, -0.2) is 4.98 Å². The summed E-state index contributed by atoms with van der Waals surface area (Å²) in [7, 11) is 0. The summed E-state index contributed by atoms with van der Waals surface area (Å²) in [4.78, 5) is 19.9. The van der Waals surface area contributed by atoms with Gasteiger partial charge in [0.2, 0.25) is 0 Å². The molecule has 0 bridgehead atoms. The summed E-state index contributed by atoms with van der Waals surface area (Å²) < 4.78 is 0. The molecule has 1 amide bonds. The highest BCUT2D eigenvalue weighted by molar-refractivity contribution is 7.80. The van der Waals surface area contributed by atoms with Crippen LogP contribution < -0.4 is 10.6 Å². The fourth-order valence-corrected chi connectivity index (χ4v) is 5.34. The SMILES string of the molecule is CC(C)CNC(=S)N1CCC(c2nc(C(=O)Nc3ccccc3-c3ccc(Cl)cc3)cs2)CC1. The van der Waals surface area contributed by atoms with Gasteiger partial charge in [-0.15, -0.1) is 11.3 Å². The van der Waals surface area contributed by atoms with Gasteiger partial charge in [0.05, 0.1) is 5.01 Å². The number of rotatable bonds is 6. The summed E-state index contributed by atoms with van der Waals surface area (Å²) in [6, 6.07) is 15.4. The topological polar surface area (TPSA) is 57.3 Å². The summed E-state index contributed by atoms with van der Waals surface area (Å²) in [5.41, 5.74) is 3.15. The molecule has 1 fully saturated rings. The fourth-order valence-electron chi connectivity index (χ4n) is 3.97. The number of nitrogens with zero attached hydrogens (tertiary/aromatic N) is 2. The lowest BCUT2D eigenvalue weighted by atomic mass is 9.98. The largest absolute Gasteiger partial charge is 0.362 e. The molecule has 1 aliphatic heterocycles. The number of thiocarbonyl (C=S) groups is 1. The number of benzene rings is 2. The van der Waals surface area contributed by atoms with Gasteiger partial charge in [-0.05, 0) is 54.7 Å². The minimum absolute atomic E-state index is 0.194.